The lowest BCUT2D eigenvalue weighted by atomic mass is 10.2. The van der Waals surface area contributed by atoms with Crippen LogP contribution in [-0.2, 0) is 20.6 Å². The predicted molar refractivity (Wildman–Crippen MR) is 64.3 cm³/mol. The Morgan fingerprint density at radius 1 is 1.32 bits per heavy atom. The summed E-state index contributed by atoms with van der Waals surface area (Å²) in [5.74, 6) is -1.76. The van der Waals surface area contributed by atoms with Gasteiger partial charge in [0.05, 0.1) is 5.75 Å². The third-order valence-electron chi connectivity index (χ3n) is 2.32. The lowest BCUT2D eigenvalue weighted by molar-refractivity contribution is -0.138. The standard InChI is InChI=1S/C11H13F2NO4S/c1-7(11(15)16)14-19(17,18)6-8-2-4-9(5-3-8)10(12)13/h2-5,7,10,14H,6H2,1H3,(H,15,16)/t7-/m0/s1. The second-order valence-electron chi connectivity index (χ2n) is 3.98. The second kappa shape index (κ2) is 6.07. The minimum Gasteiger partial charge on any atom is -0.480 e. The van der Waals surface area contributed by atoms with Crippen molar-refractivity contribution in [1.29, 1.82) is 0 Å². The molecule has 0 radical (unpaired) electrons. The summed E-state index contributed by atoms with van der Waals surface area (Å²) in [7, 11) is -3.83. The summed E-state index contributed by atoms with van der Waals surface area (Å²) in [5.41, 5.74) is 0.0995. The van der Waals surface area contributed by atoms with E-state index in [1.165, 1.54) is 19.1 Å². The summed E-state index contributed by atoms with van der Waals surface area (Å²) in [4.78, 5) is 10.5. The van der Waals surface area contributed by atoms with E-state index in [1.807, 2.05) is 4.72 Å². The normalized spacial score (nSPS) is 13.5. The Morgan fingerprint density at radius 3 is 2.26 bits per heavy atom. The molecule has 0 fully saturated rings. The Kier molecular flexibility index (Phi) is 4.96. The fourth-order valence-electron chi connectivity index (χ4n) is 1.34. The first-order valence-electron chi connectivity index (χ1n) is 5.31. The highest BCUT2D eigenvalue weighted by molar-refractivity contribution is 7.88. The van der Waals surface area contributed by atoms with Gasteiger partial charge in [-0.15, -0.1) is 0 Å². The Balaban J connectivity index is 2.75. The zero-order chi connectivity index (χ0) is 14.6. The van der Waals surface area contributed by atoms with Crippen LogP contribution in [-0.4, -0.2) is 25.5 Å². The molecule has 0 aliphatic heterocycles. The van der Waals surface area contributed by atoms with Crippen molar-refractivity contribution in [2.24, 2.45) is 0 Å². The van der Waals surface area contributed by atoms with Crippen molar-refractivity contribution in [3.8, 4) is 0 Å². The van der Waals surface area contributed by atoms with Crippen molar-refractivity contribution in [3.05, 3.63) is 35.4 Å². The molecule has 0 amide bonds. The van der Waals surface area contributed by atoms with Crippen LogP contribution < -0.4 is 4.72 Å². The van der Waals surface area contributed by atoms with Crippen LogP contribution in [0.4, 0.5) is 8.78 Å². The van der Waals surface area contributed by atoms with Crippen LogP contribution in [0.2, 0.25) is 0 Å². The molecule has 1 atom stereocenters. The van der Waals surface area contributed by atoms with Gasteiger partial charge in [-0.05, 0) is 12.5 Å². The third-order valence-corrected chi connectivity index (χ3v) is 3.74. The van der Waals surface area contributed by atoms with Crippen molar-refractivity contribution in [2.45, 2.75) is 25.1 Å². The number of carboxylic acids is 1. The van der Waals surface area contributed by atoms with Crippen LogP contribution in [0.15, 0.2) is 24.3 Å². The lowest BCUT2D eigenvalue weighted by Gasteiger charge is -2.10. The average molecular weight is 293 g/mol. The number of aliphatic carboxylic acids is 1. The van der Waals surface area contributed by atoms with E-state index >= 15 is 0 Å². The summed E-state index contributed by atoms with van der Waals surface area (Å²) >= 11 is 0. The van der Waals surface area contributed by atoms with Crippen molar-refractivity contribution < 1.29 is 27.1 Å². The van der Waals surface area contributed by atoms with E-state index in [9.17, 15) is 22.0 Å². The maximum absolute atomic E-state index is 12.3. The maximum Gasteiger partial charge on any atom is 0.321 e. The highest BCUT2D eigenvalue weighted by Gasteiger charge is 2.20. The van der Waals surface area contributed by atoms with Crippen LogP contribution in [0.1, 0.15) is 24.5 Å². The number of hydrogen-bond acceptors (Lipinski definition) is 3. The van der Waals surface area contributed by atoms with Gasteiger partial charge in [0.25, 0.3) is 6.43 Å². The minimum atomic E-state index is -3.83. The van der Waals surface area contributed by atoms with Gasteiger partial charge >= 0.3 is 5.97 Å². The van der Waals surface area contributed by atoms with E-state index in [4.69, 9.17) is 5.11 Å². The van der Waals surface area contributed by atoms with Gasteiger partial charge in [0.2, 0.25) is 10.0 Å². The molecule has 5 nitrogen and oxygen atoms in total. The molecule has 1 rings (SSSR count). The molecule has 0 aliphatic rings. The van der Waals surface area contributed by atoms with Crippen LogP contribution in [0, 0.1) is 0 Å². The summed E-state index contributed by atoms with van der Waals surface area (Å²) in [6, 6.07) is 3.57. The zero-order valence-corrected chi connectivity index (χ0v) is 10.8. The molecule has 0 bridgehead atoms. The van der Waals surface area contributed by atoms with Gasteiger partial charge in [0.1, 0.15) is 6.04 Å². The summed E-state index contributed by atoms with van der Waals surface area (Å²) < 4.78 is 49.8. The van der Waals surface area contributed by atoms with Crippen molar-refractivity contribution in [1.82, 2.24) is 4.72 Å². The van der Waals surface area contributed by atoms with Gasteiger partial charge in [0, 0.05) is 5.56 Å². The van der Waals surface area contributed by atoms with Gasteiger partial charge in [-0.25, -0.2) is 21.9 Å². The maximum atomic E-state index is 12.3. The van der Waals surface area contributed by atoms with Crippen LogP contribution in [0.5, 0.6) is 0 Å². The predicted octanol–water partition coefficient (Wildman–Crippen LogP) is 1.52. The summed E-state index contributed by atoms with van der Waals surface area (Å²) in [6.45, 7) is 1.19. The molecule has 0 aromatic heterocycles. The highest BCUT2D eigenvalue weighted by Crippen LogP contribution is 2.19. The molecule has 2 N–H and O–H groups in total. The van der Waals surface area contributed by atoms with E-state index in [1.54, 1.807) is 0 Å². The molecule has 0 spiro atoms. The number of sulfonamides is 1. The van der Waals surface area contributed by atoms with Crippen LogP contribution >= 0.6 is 0 Å². The fraction of sp³-hybridized carbons (Fsp3) is 0.364. The molecule has 8 heteroatoms. The van der Waals surface area contributed by atoms with E-state index in [0.29, 0.717) is 5.56 Å². The zero-order valence-electron chi connectivity index (χ0n) is 10.0. The molecular weight excluding hydrogens is 280 g/mol. The smallest absolute Gasteiger partial charge is 0.321 e. The number of benzene rings is 1. The first-order chi connectivity index (χ1) is 8.71. The van der Waals surface area contributed by atoms with E-state index in [0.717, 1.165) is 12.1 Å². The van der Waals surface area contributed by atoms with E-state index in [-0.39, 0.29) is 5.56 Å². The molecule has 19 heavy (non-hydrogen) atoms. The number of alkyl halides is 2. The number of hydrogen-bond donors (Lipinski definition) is 2. The summed E-state index contributed by atoms with van der Waals surface area (Å²) in [6.07, 6.45) is -2.61. The van der Waals surface area contributed by atoms with Gasteiger partial charge in [-0.3, -0.25) is 4.79 Å². The SMILES string of the molecule is C[C@H](NS(=O)(=O)Cc1ccc(C(F)F)cc1)C(=O)O. The Morgan fingerprint density at radius 2 is 1.84 bits per heavy atom. The molecule has 0 unspecified atom stereocenters. The molecular formula is C11H13F2NO4S. The summed E-state index contributed by atoms with van der Waals surface area (Å²) in [5, 5.41) is 8.60. The van der Waals surface area contributed by atoms with Gasteiger partial charge in [-0.1, -0.05) is 24.3 Å². The van der Waals surface area contributed by atoms with E-state index < -0.39 is 34.2 Å². The van der Waals surface area contributed by atoms with Crippen molar-refractivity contribution >= 4 is 16.0 Å². The van der Waals surface area contributed by atoms with Crippen molar-refractivity contribution in [2.75, 3.05) is 0 Å². The number of rotatable bonds is 6. The fourth-order valence-corrected chi connectivity index (χ4v) is 2.69. The van der Waals surface area contributed by atoms with E-state index in [2.05, 4.69) is 0 Å². The molecule has 106 valence electrons. The van der Waals surface area contributed by atoms with Crippen LogP contribution in [0.25, 0.3) is 0 Å². The third kappa shape index (κ3) is 4.92. The quantitative estimate of drug-likeness (QED) is 0.833. The van der Waals surface area contributed by atoms with Gasteiger partial charge in [-0.2, -0.15) is 0 Å². The molecule has 0 aliphatic carbocycles. The number of carboxylic acid groups (broad SMARTS) is 1. The number of carbonyl (C=O) groups is 1. The molecule has 0 saturated heterocycles. The molecule has 0 heterocycles. The number of nitrogens with one attached hydrogen (secondary N) is 1. The monoisotopic (exact) mass is 293 g/mol. The molecule has 1 aromatic carbocycles. The Hall–Kier alpha value is -1.54. The Bertz CT molecular complexity index is 542. The van der Waals surface area contributed by atoms with Gasteiger partial charge in [0.15, 0.2) is 0 Å². The minimum absolute atomic E-state index is 0.201. The highest BCUT2D eigenvalue weighted by atomic mass is 32.2. The Labute approximate surface area is 109 Å². The first kappa shape index (κ1) is 15.5. The van der Waals surface area contributed by atoms with Gasteiger partial charge < -0.3 is 5.11 Å². The lowest BCUT2D eigenvalue weighted by Crippen LogP contribution is -2.38. The molecule has 1 aromatic rings. The largest absolute Gasteiger partial charge is 0.480 e. The van der Waals surface area contributed by atoms with Crippen molar-refractivity contribution in [3.63, 3.8) is 0 Å². The number of halogens is 2. The first-order valence-corrected chi connectivity index (χ1v) is 6.96. The topological polar surface area (TPSA) is 83.5 Å². The molecule has 0 saturated carbocycles. The average Bonchev–Trinajstić information content (AvgIpc) is 2.28. The second-order valence-corrected chi connectivity index (χ2v) is 5.73. The van der Waals surface area contributed by atoms with Crippen LogP contribution in [0.3, 0.4) is 0 Å².